The van der Waals surface area contributed by atoms with Crippen LogP contribution in [0, 0.1) is 11.6 Å². The largest absolute Gasteiger partial charge is 0.324 e. The lowest BCUT2D eigenvalue weighted by Gasteiger charge is -2.22. The summed E-state index contributed by atoms with van der Waals surface area (Å²) < 4.78 is 26.4. The Balaban J connectivity index is 2.07. The van der Waals surface area contributed by atoms with Gasteiger partial charge in [0.25, 0.3) is 0 Å². The van der Waals surface area contributed by atoms with Crippen molar-refractivity contribution in [2.24, 2.45) is 0 Å². The molecule has 2 rings (SSSR count). The second-order valence-corrected chi connectivity index (χ2v) is 5.95. The SMILES string of the molecule is CC(=O)N(CCC(=O)Nc1ccc(F)cc1F)c1cccc(Cl)c1Cl. The van der Waals surface area contributed by atoms with Crippen LogP contribution in [-0.4, -0.2) is 18.4 Å². The molecule has 0 atom stereocenters. The Hall–Kier alpha value is -2.18. The van der Waals surface area contributed by atoms with Crippen molar-refractivity contribution >= 4 is 46.4 Å². The summed E-state index contributed by atoms with van der Waals surface area (Å²) in [7, 11) is 0. The van der Waals surface area contributed by atoms with Gasteiger partial charge in [0.1, 0.15) is 11.6 Å². The third kappa shape index (κ3) is 4.90. The van der Waals surface area contributed by atoms with Gasteiger partial charge in [-0.05, 0) is 24.3 Å². The number of anilines is 2. The summed E-state index contributed by atoms with van der Waals surface area (Å²) in [6.45, 7) is 1.35. The van der Waals surface area contributed by atoms with Gasteiger partial charge in [0.05, 0.1) is 21.4 Å². The molecular weight excluding hydrogens is 373 g/mol. The van der Waals surface area contributed by atoms with Gasteiger partial charge in [-0.3, -0.25) is 9.59 Å². The van der Waals surface area contributed by atoms with Crippen molar-refractivity contribution in [2.75, 3.05) is 16.8 Å². The molecule has 2 aromatic rings. The van der Waals surface area contributed by atoms with Crippen molar-refractivity contribution in [1.82, 2.24) is 0 Å². The summed E-state index contributed by atoms with van der Waals surface area (Å²) in [4.78, 5) is 25.2. The third-order valence-electron chi connectivity index (χ3n) is 3.37. The summed E-state index contributed by atoms with van der Waals surface area (Å²) in [6, 6.07) is 7.64. The zero-order chi connectivity index (χ0) is 18.6. The first kappa shape index (κ1) is 19.1. The summed E-state index contributed by atoms with van der Waals surface area (Å²) in [5, 5.41) is 2.81. The lowest BCUT2D eigenvalue weighted by Crippen LogP contribution is -2.32. The summed E-state index contributed by atoms with van der Waals surface area (Å²) in [6.07, 6.45) is -0.112. The molecular formula is C17H14Cl2F2N2O2. The fraction of sp³-hybridized carbons (Fsp3) is 0.176. The zero-order valence-electron chi connectivity index (χ0n) is 13.2. The van der Waals surface area contributed by atoms with Crippen LogP contribution in [0.25, 0.3) is 0 Å². The molecule has 0 radical (unpaired) electrons. The fourth-order valence-corrected chi connectivity index (χ4v) is 2.56. The Labute approximate surface area is 153 Å². The second kappa shape index (κ2) is 8.27. The van der Waals surface area contributed by atoms with E-state index in [2.05, 4.69) is 5.32 Å². The second-order valence-electron chi connectivity index (χ2n) is 5.17. The molecule has 2 amide bonds. The van der Waals surface area contributed by atoms with Crippen LogP contribution in [0.5, 0.6) is 0 Å². The highest BCUT2D eigenvalue weighted by Crippen LogP contribution is 2.32. The van der Waals surface area contributed by atoms with Crippen LogP contribution in [0.1, 0.15) is 13.3 Å². The van der Waals surface area contributed by atoms with Crippen LogP contribution in [-0.2, 0) is 9.59 Å². The minimum absolute atomic E-state index is 0.0179. The van der Waals surface area contributed by atoms with E-state index in [9.17, 15) is 18.4 Å². The predicted octanol–water partition coefficient (Wildman–Crippen LogP) is 4.65. The number of carbonyl (C=O) groups is 2. The third-order valence-corrected chi connectivity index (χ3v) is 4.18. The number of nitrogens with zero attached hydrogens (tertiary/aromatic N) is 1. The maximum atomic E-state index is 13.5. The first-order valence-corrected chi connectivity index (χ1v) is 8.02. The van der Waals surface area contributed by atoms with E-state index in [1.807, 2.05) is 0 Å². The molecule has 0 unspecified atom stereocenters. The Morgan fingerprint density at radius 2 is 1.88 bits per heavy atom. The van der Waals surface area contributed by atoms with E-state index in [1.54, 1.807) is 18.2 Å². The molecule has 25 heavy (non-hydrogen) atoms. The van der Waals surface area contributed by atoms with E-state index in [0.29, 0.717) is 11.8 Å². The van der Waals surface area contributed by atoms with Crippen molar-refractivity contribution in [3.63, 3.8) is 0 Å². The lowest BCUT2D eigenvalue weighted by molar-refractivity contribution is -0.117. The molecule has 0 saturated heterocycles. The number of amides is 2. The standard InChI is InChI=1S/C17H14Cl2F2N2O2/c1-10(24)23(15-4-2-3-12(18)17(15)19)8-7-16(25)22-14-6-5-11(20)9-13(14)21/h2-6,9H,7-8H2,1H3,(H,22,25). The summed E-state index contributed by atoms with van der Waals surface area (Å²) >= 11 is 12.0. The van der Waals surface area contributed by atoms with Crippen molar-refractivity contribution in [1.29, 1.82) is 0 Å². The van der Waals surface area contributed by atoms with Gasteiger partial charge in [-0.1, -0.05) is 29.3 Å². The molecule has 0 heterocycles. The van der Waals surface area contributed by atoms with Crippen LogP contribution in [0.15, 0.2) is 36.4 Å². The lowest BCUT2D eigenvalue weighted by atomic mass is 10.2. The Morgan fingerprint density at radius 1 is 1.16 bits per heavy atom. The highest BCUT2D eigenvalue weighted by atomic mass is 35.5. The van der Waals surface area contributed by atoms with Gasteiger partial charge in [-0.25, -0.2) is 8.78 Å². The summed E-state index contributed by atoms with van der Waals surface area (Å²) in [5.41, 5.74) is 0.240. The van der Waals surface area contributed by atoms with Gasteiger partial charge in [0.15, 0.2) is 0 Å². The molecule has 2 aromatic carbocycles. The Kier molecular flexibility index (Phi) is 6.33. The average molecular weight is 387 g/mol. The molecule has 8 heteroatoms. The Bertz CT molecular complexity index is 815. The number of nitrogens with one attached hydrogen (secondary N) is 1. The van der Waals surface area contributed by atoms with Crippen molar-refractivity contribution in [3.05, 3.63) is 58.1 Å². The summed E-state index contributed by atoms with van der Waals surface area (Å²) in [5.74, 6) is -2.48. The van der Waals surface area contributed by atoms with Crippen LogP contribution < -0.4 is 10.2 Å². The van der Waals surface area contributed by atoms with Gasteiger partial charge in [-0.15, -0.1) is 0 Å². The van der Waals surface area contributed by atoms with Crippen LogP contribution in [0.4, 0.5) is 20.2 Å². The van der Waals surface area contributed by atoms with E-state index in [0.717, 1.165) is 12.1 Å². The predicted molar refractivity (Wildman–Crippen MR) is 94.1 cm³/mol. The minimum Gasteiger partial charge on any atom is -0.324 e. The van der Waals surface area contributed by atoms with Crippen molar-refractivity contribution in [2.45, 2.75) is 13.3 Å². The minimum atomic E-state index is -0.880. The van der Waals surface area contributed by atoms with Gasteiger partial charge in [-0.2, -0.15) is 0 Å². The quantitative estimate of drug-likeness (QED) is 0.812. The topological polar surface area (TPSA) is 49.4 Å². The first-order chi connectivity index (χ1) is 11.8. The van der Waals surface area contributed by atoms with E-state index in [-0.39, 0.29) is 34.6 Å². The molecule has 0 aliphatic rings. The van der Waals surface area contributed by atoms with Crippen molar-refractivity contribution in [3.8, 4) is 0 Å². The number of carbonyl (C=O) groups excluding carboxylic acids is 2. The van der Waals surface area contributed by atoms with E-state index in [1.165, 1.54) is 11.8 Å². The van der Waals surface area contributed by atoms with Crippen molar-refractivity contribution < 1.29 is 18.4 Å². The molecule has 0 fully saturated rings. The number of halogens is 4. The molecule has 0 aliphatic carbocycles. The molecule has 0 bridgehead atoms. The first-order valence-electron chi connectivity index (χ1n) is 7.26. The van der Waals surface area contributed by atoms with E-state index < -0.39 is 17.5 Å². The maximum absolute atomic E-state index is 13.5. The monoisotopic (exact) mass is 386 g/mol. The molecule has 4 nitrogen and oxygen atoms in total. The smallest absolute Gasteiger partial charge is 0.226 e. The highest BCUT2D eigenvalue weighted by molar-refractivity contribution is 6.44. The number of rotatable bonds is 5. The average Bonchev–Trinajstić information content (AvgIpc) is 2.54. The molecule has 0 spiro atoms. The van der Waals surface area contributed by atoms with Crippen LogP contribution in [0.3, 0.4) is 0 Å². The van der Waals surface area contributed by atoms with Gasteiger partial charge >= 0.3 is 0 Å². The molecule has 0 saturated carbocycles. The van der Waals surface area contributed by atoms with E-state index >= 15 is 0 Å². The number of benzene rings is 2. The fourth-order valence-electron chi connectivity index (χ4n) is 2.17. The molecule has 132 valence electrons. The van der Waals surface area contributed by atoms with Gasteiger partial charge in [0.2, 0.25) is 11.8 Å². The van der Waals surface area contributed by atoms with Crippen LogP contribution >= 0.6 is 23.2 Å². The maximum Gasteiger partial charge on any atom is 0.226 e. The molecule has 1 N–H and O–H groups in total. The molecule has 0 aliphatic heterocycles. The number of hydrogen-bond acceptors (Lipinski definition) is 2. The van der Waals surface area contributed by atoms with E-state index in [4.69, 9.17) is 23.2 Å². The molecule has 0 aromatic heterocycles. The Morgan fingerprint density at radius 3 is 2.52 bits per heavy atom. The van der Waals surface area contributed by atoms with Gasteiger partial charge < -0.3 is 10.2 Å². The normalized spacial score (nSPS) is 10.4. The highest BCUT2D eigenvalue weighted by Gasteiger charge is 2.18. The van der Waals surface area contributed by atoms with Crippen LogP contribution in [0.2, 0.25) is 10.0 Å². The zero-order valence-corrected chi connectivity index (χ0v) is 14.7. The number of hydrogen-bond donors (Lipinski definition) is 1. The van der Waals surface area contributed by atoms with Gasteiger partial charge in [0, 0.05) is 26.0 Å².